The monoisotopic (exact) mass is 486 g/mol. The van der Waals surface area contributed by atoms with E-state index in [0.717, 1.165) is 24.0 Å². The number of fused-ring (bicyclic) bond motifs is 2. The number of nitro groups is 2. The van der Waals surface area contributed by atoms with Gasteiger partial charge in [0, 0.05) is 29.7 Å². The first kappa shape index (κ1) is 22.6. The number of benzene rings is 4. The lowest BCUT2D eigenvalue weighted by Crippen LogP contribution is -2.20. The average Bonchev–Trinajstić information content (AvgIpc) is 3.38. The smallest absolute Gasteiger partial charge is 0.258 e. The van der Waals surface area contributed by atoms with E-state index in [4.69, 9.17) is 0 Å². The van der Waals surface area contributed by atoms with Crippen molar-refractivity contribution in [1.82, 2.24) is 0 Å². The number of nitrogens with zero attached hydrogens (tertiary/aromatic N) is 2. The Morgan fingerprint density at radius 2 is 0.946 bits per heavy atom. The Balaban J connectivity index is 1.54. The Morgan fingerprint density at radius 1 is 0.568 bits per heavy atom. The van der Waals surface area contributed by atoms with Crippen LogP contribution in [0.3, 0.4) is 0 Å². The maximum absolute atomic E-state index is 11.2. The van der Waals surface area contributed by atoms with E-state index in [-0.39, 0.29) is 26.6 Å². The number of hydrogen-bond donors (Lipinski definition) is 0. The molecule has 0 heterocycles. The molecule has 0 amide bonds. The molecule has 6 heteroatoms. The Hall–Kier alpha value is -4.84. The highest BCUT2D eigenvalue weighted by molar-refractivity contribution is 6.04. The Kier molecular flexibility index (Phi) is 5.30. The molecular weight excluding hydrogens is 464 g/mol. The van der Waals surface area contributed by atoms with Crippen LogP contribution in [0.25, 0.3) is 23.3 Å². The highest BCUT2D eigenvalue weighted by Gasteiger charge is 2.49. The van der Waals surface area contributed by atoms with Gasteiger partial charge in [0.1, 0.15) is 0 Å². The predicted molar refractivity (Wildman–Crippen MR) is 145 cm³/mol. The van der Waals surface area contributed by atoms with Crippen LogP contribution in [-0.4, -0.2) is 9.85 Å². The first-order chi connectivity index (χ1) is 17.9. The number of allylic oxidation sites excluding steroid dienone is 2. The number of nitro benzene ring substituents is 2. The van der Waals surface area contributed by atoms with Gasteiger partial charge in [-0.1, -0.05) is 60.7 Å². The summed E-state index contributed by atoms with van der Waals surface area (Å²) in [7, 11) is 0. The highest BCUT2D eigenvalue weighted by Crippen LogP contribution is 2.61. The van der Waals surface area contributed by atoms with E-state index in [9.17, 15) is 20.2 Å². The Bertz CT molecular complexity index is 1490. The molecular formula is C31H22N2O4. The minimum Gasteiger partial charge on any atom is -0.258 e. The second-order valence-corrected chi connectivity index (χ2v) is 9.56. The molecule has 37 heavy (non-hydrogen) atoms. The van der Waals surface area contributed by atoms with Gasteiger partial charge in [0.25, 0.3) is 11.4 Å². The molecule has 0 atom stereocenters. The zero-order valence-corrected chi connectivity index (χ0v) is 19.8. The maximum atomic E-state index is 11.2. The molecule has 0 aromatic heterocycles. The molecule has 0 N–H and O–H groups in total. The molecule has 0 bridgehead atoms. The fourth-order valence-electron chi connectivity index (χ4n) is 5.78. The average molecular weight is 487 g/mol. The molecule has 0 radical (unpaired) electrons. The minimum absolute atomic E-state index is 0.0655. The Labute approximate surface area is 213 Å². The first-order valence-corrected chi connectivity index (χ1v) is 12.0. The van der Waals surface area contributed by atoms with Crippen molar-refractivity contribution in [1.29, 1.82) is 0 Å². The van der Waals surface area contributed by atoms with Gasteiger partial charge in [-0.25, -0.2) is 0 Å². The molecule has 2 aliphatic carbocycles. The summed E-state index contributed by atoms with van der Waals surface area (Å²) in [6.07, 6.45) is 5.97. The maximum Gasteiger partial charge on any atom is 0.269 e. The van der Waals surface area contributed by atoms with Crippen molar-refractivity contribution in [3.05, 3.63) is 151 Å². The van der Waals surface area contributed by atoms with Crippen LogP contribution in [0.1, 0.15) is 33.4 Å². The Morgan fingerprint density at radius 3 is 1.32 bits per heavy atom. The van der Waals surface area contributed by atoms with Gasteiger partial charge >= 0.3 is 0 Å². The third-order valence-corrected chi connectivity index (χ3v) is 7.46. The standard InChI is InChI=1S/C31H22N2O4/c34-32(35)25-13-9-21(10-14-25)17-29-27-7-3-1-5-23(27)19-31(29)20-24-6-2-4-8-28(24)30(31)18-22-11-15-26(16-12-22)33(36)37/h1-18H,19-20H2/b29-17+,30-18+. The lowest BCUT2D eigenvalue weighted by Gasteiger charge is -2.29. The van der Waals surface area contributed by atoms with E-state index in [0.29, 0.717) is 0 Å². The minimum atomic E-state index is -0.387. The van der Waals surface area contributed by atoms with Crippen LogP contribution in [0, 0.1) is 25.6 Å². The van der Waals surface area contributed by atoms with Crippen molar-refractivity contribution >= 4 is 34.7 Å². The van der Waals surface area contributed by atoms with Gasteiger partial charge in [-0.15, -0.1) is 0 Å². The van der Waals surface area contributed by atoms with E-state index >= 15 is 0 Å². The van der Waals surface area contributed by atoms with E-state index in [1.165, 1.54) is 57.7 Å². The second-order valence-electron chi connectivity index (χ2n) is 9.56. The third-order valence-electron chi connectivity index (χ3n) is 7.46. The summed E-state index contributed by atoms with van der Waals surface area (Å²) >= 11 is 0. The van der Waals surface area contributed by atoms with Crippen LogP contribution in [0.4, 0.5) is 11.4 Å². The van der Waals surface area contributed by atoms with Crippen LogP contribution < -0.4 is 0 Å². The number of hydrogen-bond acceptors (Lipinski definition) is 4. The van der Waals surface area contributed by atoms with Crippen LogP contribution in [0.2, 0.25) is 0 Å². The zero-order chi connectivity index (χ0) is 25.6. The van der Waals surface area contributed by atoms with Gasteiger partial charge in [-0.2, -0.15) is 0 Å². The fourth-order valence-corrected chi connectivity index (χ4v) is 5.78. The fraction of sp³-hybridized carbons (Fsp3) is 0.0968. The van der Waals surface area contributed by atoms with Gasteiger partial charge in [0.05, 0.1) is 9.85 Å². The molecule has 2 aliphatic rings. The van der Waals surface area contributed by atoms with Crippen molar-refractivity contribution < 1.29 is 9.85 Å². The van der Waals surface area contributed by atoms with Crippen molar-refractivity contribution in [2.45, 2.75) is 12.8 Å². The number of rotatable bonds is 4. The van der Waals surface area contributed by atoms with Gasteiger partial charge in [-0.3, -0.25) is 20.2 Å². The molecule has 0 unspecified atom stereocenters. The summed E-state index contributed by atoms with van der Waals surface area (Å²) in [4.78, 5) is 21.6. The van der Waals surface area contributed by atoms with Gasteiger partial charge < -0.3 is 0 Å². The molecule has 4 aromatic rings. The lowest BCUT2D eigenvalue weighted by atomic mass is 9.73. The predicted octanol–water partition coefficient (Wildman–Crippen LogP) is 7.38. The summed E-state index contributed by atoms with van der Waals surface area (Å²) in [5.41, 5.74) is 8.87. The molecule has 0 aliphatic heterocycles. The second kappa shape index (κ2) is 8.68. The molecule has 6 rings (SSSR count). The molecule has 180 valence electrons. The quantitative estimate of drug-likeness (QED) is 0.222. The summed E-state index contributed by atoms with van der Waals surface area (Å²) in [6, 6.07) is 30.2. The summed E-state index contributed by atoms with van der Waals surface area (Å²) in [5, 5.41) is 22.3. The van der Waals surface area contributed by atoms with Crippen molar-refractivity contribution in [3.63, 3.8) is 0 Å². The molecule has 6 nitrogen and oxygen atoms in total. The molecule has 0 saturated carbocycles. The van der Waals surface area contributed by atoms with E-state index < -0.39 is 0 Å². The van der Waals surface area contributed by atoms with Crippen LogP contribution in [0.5, 0.6) is 0 Å². The summed E-state index contributed by atoms with van der Waals surface area (Å²) in [6.45, 7) is 0. The van der Waals surface area contributed by atoms with Crippen LogP contribution in [-0.2, 0) is 12.8 Å². The normalized spacial score (nSPS) is 17.2. The highest BCUT2D eigenvalue weighted by atomic mass is 16.6. The van der Waals surface area contributed by atoms with E-state index in [1.54, 1.807) is 24.3 Å². The first-order valence-electron chi connectivity index (χ1n) is 12.0. The summed E-state index contributed by atoms with van der Waals surface area (Å²) in [5.74, 6) is 0. The third kappa shape index (κ3) is 3.83. The van der Waals surface area contributed by atoms with Crippen molar-refractivity contribution in [2.75, 3.05) is 0 Å². The molecule has 0 saturated heterocycles. The number of non-ortho nitro benzene ring substituents is 2. The topological polar surface area (TPSA) is 86.3 Å². The van der Waals surface area contributed by atoms with Crippen molar-refractivity contribution in [2.24, 2.45) is 5.41 Å². The van der Waals surface area contributed by atoms with Crippen molar-refractivity contribution in [3.8, 4) is 0 Å². The van der Waals surface area contributed by atoms with Gasteiger partial charge in [0.2, 0.25) is 0 Å². The van der Waals surface area contributed by atoms with E-state index in [2.05, 4.69) is 48.6 Å². The lowest BCUT2D eigenvalue weighted by molar-refractivity contribution is -0.385. The largest absolute Gasteiger partial charge is 0.269 e. The van der Waals surface area contributed by atoms with Crippen LogP contribution in [0.15, 0.2) is 97.1 Å². The molecule has 1 spiro atoms. The van der Waals surface area contributed by atoms with Gasteiger partial charge in [-0.05, 0) is 81.6 Å². The molecule has 4 aromatic carbocycles. The SMILES string of the molecule is O=[N+]([O-])c1ccc(/C=C2\c3ccccc3CC23Cc2ccccc2/C3=C\c2ccc([N+](=O)[O-])cc2)cc1. The van der Waals surface area contributed by atoms with Gasteiger partial charge in [0.15, 0.2) is 0 Å². The molecule has 0 fully saturated rings. The zero-order valence-electron chi connectivity index (χ0n) is 19.8. The van der Waals surface area contributed by atoms with E-state index in [1.807, 2.05) is 12.1 Å². The van der Waals surface area contributed by atoms with Crippen LogP contribution >= 0.6 is 0 Å². The summed E-state index contributed by atoms with van der Waals surface area (Å²) < 4.78 is 0.